The fourth-order valence-electron chi connectivity index (χ4n) is 17.0. The second-order valence-electron chi connectivity index (χ2n) is 33.5. The van der Waals surface area contributed by atoms with E-state index < -0.39 is 139 Å². The van der Waals surface area contributed by atoms with Gasteiger partial charge in [0, 0.05) is 177 Å². The molecule has 11 aliphatic rings. The second kappa shape index (κ2) is 44.3. The van der Waals surface area contributed by atoms with Gasteiger partial charge in [-0.3, -0.25) is 24.2 Å². The van der Waals surface area contributed by atoms with Gasteiger partial charge in [0.2, 0.25) is 0 Å². The molecule has 41 nitrogen and oxygen atoms in total. The summed E-state index contributed by atoms with van der Waals surface area (Å²) in [4.78, 5) is 51.6. The number of carboxylic acid groups (broad SMARTS) is 4. The standard InChI is InChI=1S/C18H30BN5O6S.C17H33BN4O6S2.2C16H31BN4O6S2/c20-18(17(25)26)13-23(12-15(18)2-1-6-19(27)28)31(29,30)24(16-10-22-11-16)9-5-14-3-7-21-8-4-14;19-17(16(23)24)12-21(10-13(17)4-3-6-18(25)26)30(27,28)22(14-8-20-9-14)11-15-5-1-2-7-29-15;18-16(15(22)23)11-20(9-12(16)3-1-5-17(24)25)29(26,27)21(13-7-19-8-13)10-14-4-2-6-28-14;18-16(15(22)23)11-20(9-13(16)2-1-4-17(24)25)29(26,27)21(14-6-19-7-14)8-12-3-5-28-10-12/h3-4,7-8,15-16,22,27-28H,1-2,5-6,9-13,20H2,(H,25,26);13-15,20,25-26H,1-12,19H2,(H,23,24);2*12-14,19,24-25H,1-11,18H2,(H,22,23)/t15-,18-;13-,15?,17-;12-,14?,16-;12?,13-,16-/m0000/s1. The third-order valence-corrected chi connectivity index (χ3v) is 37.0. The fourth-order valence-corrected chi connectivity index (χ4v) is 28.8. The molecule has 52 heteroatoms. The molecular formula is C67H125B4N17O24S7. The molecule has 0 bridgehead atoms. The van der Waals surface area contributed by atoms with Gasteiger partial charge in [0.1, 0.15) is 22.2 Å². The minimum atomic E-state index is -3.94. The normalized spacial score (nSPS) is 29.6. The summed E-state index contributed by atoms with van der Waals surface area (Å²) < 4.78 is 119. The molecule has 12 rings (SSSR count). The van der Waals surface area contributed by atoms with Gasteiger partial charge in [0.25, 0.3) is 40.8 Å². The van der Waals surface area contributed by atoms with Crippen molar-refractivity contribution in [3.05, 3.63) is 30.1 Å². The van der Waals surface area contributed by atoms with Crippen LogP contribution in [0.1, 0.15) is 95.5 Å². The monoisotopic (exact) mass is 1820 g/mol. The number of hydrogen-bond acceptors (Lipinski definition) is 32. The van der Waals surface area contributed by atoms with Crippen molar-refractivity contribution in [1.29, 1.82) is 0 Å². The highest BCUT2D eigenvalue weighted by atomic mass is 32.2. The van der Waals surface area contributed by atoms with E-state index >= 15 is 0 Å². The lowest BCUT2D eigenvalue weighted by molar-refractivity contribution is -0.145. The van der Waals surface area contributed by atoms with Crippen molar-refractivity contribution in [2.45, 2.75) is 178 Å². The molecule has 119 heavy (non-hydrogen) atoms. The number of hydrogen-bond donors (Lipinski definition) is 20. The lowest BCUT2D eigenvalue weighted by atomic mass is 9.78. The number of nitrogens with two attached hydrogens (primary N) is 4. The van der Waals surface area contributed by atoms with Crippen molar-refractivity contribution in [2.24, 2.45) is 52.5 Å². The van der Waals surface area contributed by atoms with E-state index in [0.29, 0.717) is 129 Å². The van der Waals surface area contributed by atoms with Crippen molar-refractivity contribution in [3.8, 4) is 0 Å². The van der Waals surface area contributed by atoms with Crippen LogP contribution in [-0.4, -0.2) is 397 Å². The van der Waals surface area contributed by atoms with Crippen LogP contribution in [0.15, 0.2) is 24.5 Å². The number of rotatable bonds is 41. The van der Waals surface area contributed by atoms with Gasteiger partial charge in [0.05, 0.1) is 24.2 Å². The first kappa shape index (κ1) is 99.9. The van der Waals surface area contributed by atoms with E-state index in [-0.39, 0.29) is 125 Å². The maximum atomic E-state index is 13.6. The summed E-state index contributed by atoms with van der Waals surface area (Å²) in [5, 5.41) is 124. The number of carbonyl (C=O) groups is 4. The Morgan fingerprint density at radius 1 is 0.437 bits per heavy atom. The van der Waals surface area contributed by atoms with Crippen LogP contribution in [-0.2, 0) is 66.4 Å². The number of pyridine rings is 1. The Kier molecular flexibility index (Phi) is 37.2. The number of carboxylic acids is 4. The summed E-state index contributed by atoms with van der Waals surface area (Å²) in [6.45, 7) is 5.15. The summed E-state index contributed by atoms with van der Waals surface area (Å²) in [5.41, 5.74) is 18.9. The molecule has 11 saturated heterocycles. The topological polar surface area (TPSA) is 639 Å². The molecule has 0 aromatic carbocycles. The summed E-state index contributed by atoms with van der Waals surface area (Å²) in [5.74, 6) is -2.97. The smallest absolute Gasteiger partial charge is 0.451 e. The van der Waals surface area contributed by atoms with Crippen LogP contribution in [0.4, 0.5) is 0 Å². The quantitative estimate of drug-likeness (QED) is 0.0271. The number of aromatic nitrogens is 1. The van der Waals surface area contributed by atoms with Gasteiger partial charge >= 0.3 is 52.4 Å². The zero-order chi connectivity index (χ0) is 87.1. The zero-order valence-electron chi connectivity index (χ0n) is 67.3. The molecule has 3 unspecified atom stereocenters. The maximum Gasteiger partial charge on any atom is 0.451 e. The molecule has 0 aliphatic carbocycles. The van der Waals surface area contributed by atoms with Crippen LogP contribution in [0.3, 0.4) is 0 Å². The van der Waals surface area contributed by atoms with Crippen LogP contribution in [0.2, 0.25) is 25.3 Å². The fraction of sp³-hybridized carbons (Fsp3) is 0.866. The van der Waals surface area contributed by atoms with E-state index in [2.05, 4.69) is 26.3 Å². The van der Waals surface area contributed by atoms with E-state index in [0.717, 1.165) is 67.1 Å². The number of nitrogens with one attached hydrogen (secondary N) is 4. The van der Waals surface area contributed by atoms with Crippen LogP contribution in [0.25, 0.3) is 0 Å². The average molecular weight is 1820 g/mol. The van der Waals surface area contributed by atoms with Gasteiger partial charge in [-0.1, -0.05) is 32.1 Å². The molecule has 1 aromatic rings. The Labute approximate surface area is 713 Å². The molecule has 0 spiro atoms. The van der Waals surface area contributed by atoms with Crippen molar-refractivity contribution in [1.82, 2.24) is 60.7 Å². The molecule has 1 aromatic heterocycles. The molecule has 11 aliphatic heterocycles. The molecule has 0 amide bonds. The summed E-state index contributed by atoms with van der Waals surface area (Å²) in [6, 6.07) is 3.10. The predicted molar refractivity (Wildman–Crippen MR) is 453 cm³/mol. The Morgan fingerprint density at radius 3 is 1.01 bits per heavy atom. The molecule has 0 radical (unpaired) electrons. The first-order chi connectivity index (χ1) is 56.1. The van der Waals surface area contributed by atoms with Gasteiger partial charge < -0.3 is 105 Å². The molecule has 12 heterocycles. The van der Waals surface area contributed by atoms with E-state index in [4.69, 9.17) is 63.1 Å². The Hall–Kier alpha value is -2.82. The Morgan fingerprint density at radius 2 is 0.739 bits per heavy atom. The molecule has 11 fully saturated rings. The Bertz CT molecular complexity index is 3800. The molecule has 11 atom stereocenters. The van der Waals surface area contributed by atoms with E-state index in [1.807, 2.05) is 35.7 Å². The predicted octanol–water partition coefficient (Wildman–Crippen LogP) is -6.54. The van der Waals surface area contributed by atoms with Crippen molar-refractivity contribution in [3.63, 3.8) is 0 Å². The zero-order valence-corrected chi connectivity index (χ0v) is 73.0. The highest BCUT2D eigenvalue weighted by Gasteiger charge is 2.59. The van der Waals surface area contributed by atoms with Crippen LogP contribution in [0, 0.1) is 29.6 Å². The van der Waals surface area contributed by atoms with Crippen LogP contribution in [0.5, 0.6) is 0 Å². The first-order valence-corrected chi connectivity index (χ1v) is 50.1. The second-order valence-corrected chi connectivity index (χ2v) is 45.0. The third-order valence-electron chi connectivity index (χ3n) is 25.1. The van der Waals surface area contributed by atoms with Gasteiger partial charge in [-0.25, -0.2) is 0 Å². The van der Waals surface area contributed by atoms with E-state index in [1.54, 1.807) is 32.8 Å². The van der Waals surface area contributed by atoms with Crippen molar-refractivity contribution >= 4 is 128 Å². The van der Waals surface area contributed by atoms with Gasteiger partial charge in [-0.05, 0) is 136 Å². The third kappa shape index (κ3) is 25.6. The largest absolute Gasteiger partial charge is 0.480 e. The summed E-state index contributed by atoms with van der Waals surface area (Å²) in [6.07, 6.45) is 13.1. The lowest BCUT2D eigenvalue weighted by Crippen LogP contribution is -2.62. The highest BCUT2D eigenvalue weighted by molar-refractivity contribution is 8.00. The minimum Gasteiger partial charge on any atom is -0.480 e. The maximum absolute atomic E-state index is 13.6. The minimum absolute atomic E-state index is 0.0153. The van der Waals surface area contributed by atoms with Crippen molar-refractivity contribution < 1.29 is 113 Å². The SMILES string of the molecule is N[C@@]1(C(=O)O)CN(S(=O)(=O)N(CC2CCCCS2)C2CNC2)C[C@@H]1CCCB(O)O.N[C@@]1(C(=O)O)CN(S(=O)(=O)N(CC2CCCS2)C2CNC2)C[C@@H]1CCCB(O)O.N[C@@]1(C(=O)O)CN(S(=O)(=O)N(CC2CCSC2)C2CNC2)C[C@@H]1CCCB(O)O.N[C@@]1(C(=O)O)CN(S(=O)(=O)N(CCc2ccncc2)C2CNC2)C[C@@H]1CCCB(O)O. The van der Waals surface area contributed by atoms with Gasteiger partial charge in [0.15, 0.2) is 0 Å². The molecule has 24 N–H and O–H groups in total. The number of nitrogens with zero attached hydrogens (tertiary/aromatic N) is 9. The van der Waals surface area contributed by atoms with E-state index in [1.165, 1.54) is 25.8 Å². The van der Waals surface area contributed by atoms with Crippen LogP contribution >= 0.6 is 35.3 Å². The van der Waals surface area contributed by atoms with Gasteiger partial charge in [-0.15, -0.1) is 0 Å². The van der Waals surface area contributed by atoms with Gasteiger partial charge in [-0.2, -0.15) is 103 Å². The summed E-state index contributed by atoms with van der Waals surface area (Å²) >= 11 is 5.43. The molecule has 0 saturated carbocycles. The van der Waals surface area contributed by atoms with Crippen molar-refractivity contribution in [2.75, 3.05) is 154 Å². The number of aliphatic carboxylic acids is 4. The van der Waals surface area contributed by atoms with E-state index in [9.17, 15) is 73.3 Å². The first-order valence-electron chi connectivity index (χ1n) is 41.2. The molecular weight excluding hydrogens is 1690 g/mol. The Balaban J connectivity index is 0.000000181. The highest BCUT2D eigenvalue weighted by Crippen LogP contribution is 2.41. The lowest BCUT2D eigenvalue weighted by Gasteiger charge is -2.41. The summed E-state index contributed by atoms with van der Waals surface area (Å²) in [7, 11) is -21.4. The number of thioether (sulfide) groups is 3. The average Bonchev–Trinajstić information content (AvgIpc) is 1.64. The molecule has 676 valence electrons. The van der Waals surface area contributed by atoms with Crippen LogP contribution < -0.4 is 44.2 Å².